The number of hydrogen-bond acceptors (Lipinski definition) is 5. The van der Waals surface area contributed by atoms with Gasteiger partial charge >= 0.3 is 5.97 Å². The van der Waals surface area contributed by atoms with Crippen molar-refractivity contribution >= 4 is 29.1 Å². The molecule has 3 aromatic rings. The van der Waals surface area contributed by atoms with Crippen molar-refractivity contribution in [3.63, 3.8) is 0 Å². The summed E-state index contributed by atoms with van der Waals surface area (Å²) in [7, 11) is 0. The summed E-state index contributed by atoms with van der Waals surface area (Å²) in [6, 6.07) is 13.8. The molecule has 1 aliphatic heterocycles. The molecule has 1 aliphatic rings. The zero-order chi connectivity index (χ0) is 19.8. The lowest BCUT2D eigenvalue weighted by Crippen LogP contribution is -2.46. The molecule has 1 atom stereocenters. The van der Waals surface area contributed by atoms with Gasteiger partial charge in [0.25, 0.3) is 5.91 Å². The Hall–Kier alpha value is -3.32. The second kappa shape index (κ2) is 7.01. The molecule has 0 bridgehead atoms. The van der Waals surface area contributed by atoms with Crippen LogP contribution in [0.1, 0.15) is 33.1 Å². The first-order chi connectivity index (χ1) is 13.5. The monoisotopic (exact) mass is 392 g/mol. The maximum absolute atomic E-state index is 13.0. The first kappa shape index (κ1) is 18.1. The van der Waals surface area contributed by atoms with Gasteiger partial charge in [-0.15, -0.1) is 11.3 Å². The van der Waals surface area contributed by atoms with E-state index in [4.69, 9.17) is 0 Å². The summed E-state index contributed by atoms with van der Waals surface area (Å²) in [4.78, 5) is 43.1. The lowest BCUT2D eigenvalue weighted by molar-refractivity contribution is -0.146. The van der Waals surface area contributed by atoms with Crippen molar-refractivity contribution in [2.45, 2.75) is 19.4 Å². The van der Waals surface area contributed by atoms with Gasteiger partial charge in [0.1, 0.15) is 5.01 Å². The number of rotatable bonds is 4. The van der Waals surface area contributed by atoms with Crippen LogP contribution in [-0.4, -0.2) is 32.8 Å². The minimum absolute atomic E-state index is 0.00934. The molecule has 0 fully saturated rings. The zero-order valence-electron chi connectivity index (χ0n) is 15.0. The Kier molecular flexibility index (Phi) is 4.52. The summed E-state index contributed by atoms with van der Waals surface area (Å²) >= 11 is 1.48. The number of nitrogens with zero attached hydrogens (tertiary/aromatic N) is 2. The van der Waals surface area contributed by atoms with Crippen LogP contribution >= 0.6 is 11.3 Å². The number of aryl methyl sites for hydroxylation is 1. The highest BCUT2D eigenvalue weighted by Gasteiger charge is 2.42. The Labute approximate surface area is 165 Å². The normalized spacial score (nSPS) is 16.2. The molecule has 0 saturated heterocycles. The number of thiazole rings is 1. The number of aromatic nitrogens is 1. The third-order valence-electron chi connectivity index (χ3n) is 4.70. The largest absolute Gasteiger partial charge is 0.480 e. The van der Waals surface area contributed by atoms with E-state index in [1.165, 1.54) is 17.4 Å². The molecule has 2 aromatic carbocycles. The van der Waals surface area contributed by atoms with Crippen molar-refractivity contribution in [3.05, 3.63) is 76.3 Å². The summed E-state index contributed by atoms with van der Waals surface area (Å²) in [5.41, 5.74) is 2.94. The first-order valence-electron chi connectivity index (χ1n) is 8.65. The predicted octanol–water partition coefficient (Wildman–Crippen LogP) is 3.47. The smallest absolute Gasteiger partial charge is 0.320 e. The second-order valence-corrected chi connectivity index (χ2v) is 7.40. The van der Waals surface area contributed by atoms with Gasteiger partial charge in [-0.1, -0.05) is 42.5 Å². The number of benzene rings is 2. The molecular formula is C21H16N2O4S. The standard InChI is InChI=1S/C21H16N2O4S/c1-12-11-28-18(22-12)14-7-3-2-6-13(14)10-23-19(24)16-9-5-4-8-15(16)17(20(23)25)21(26)27/h2-9,11,17H,10H2,1H3,(H,26,27). The van der Waals surface area contributed by atoms with E-state index < -0.39 is 23.7 Å². The van der Waals surface area contributed by atoms with Crippen LogP contribution < -0.4 is 0 Å². The molecule has 2 heterocycles. The van der Waals surface area contributed by atoms with Crippen LogP contribution in [0.3, 0.4) is 0 Å². The van der Waals surface area contributed by atoms with Crippen molar-refractivity contribution in [2.24, 2.45) is 0 Å². The van der Waals surface area contributed by atoms with E-state index in [9.17, 15) is 19.5 Å². The Morgan fingerprint density at radius 3 is 2.46 bits per heavy atom. The Bertz CT molecular complexity index is 1110. The van der Waals surface area contributed by atoms with Gasteiger partial charge in [0, 0.05) is 22.2 Å². The average molecular weight is 392 g/mol. The molecule has 6 nitrogen and oxygen atoms in total. The van der Waals surface area contributed by atoms with E-state index in [2.05, 4.69) is 4.98 Å². The Balaban J connectivity index is 1.76. The van der Waals surface area contributed by atoms with Crippen LogP contribution in [0.25, 0.3) is 10.6 Å². The number of fused-ring (bicyclic) bond motifs is 1. The number of carboxylic acids is 1. The van der Waals surface area contributed by atoms with E-state index in [1.807, 2.05) is 36.6 Å². The molecule has 1 N–H and O–H groups in total. The molecule has 0 aliphatic carbocycles. The lowest BCUT2D eigenvalue weighted by Gasteiger charge is -2.31. The fraction of sp³-hybridized carbons (Fsp3) is 0.143. The number of hydrogen-bond donors (Lipinski definition) is 1. The molecule has 0 radical (unpaired) electrons. The average Bonchev–Trinajstić information content (AvgIpc) is 3.11. The second-order valence-electron chi connectivity index (χ2n) is 6.54. The fourth-order valence-corrected chi connectivity index (χ4v) is 4.24. The fourth-order valence-electron chi connectivity index (χ4n) is 3.38. The molecule has 2 amide bonds. The first-order valence-corrected chi connectivity index (χ1v) is 9.53. The summed E-state index contributed by atoms with van der Waals surface area (Å²) in [5, 5.41) is 12.3. The third kappa shape index (κ3) is 2.99. The summed E-state index contributed by atoms with van der Waals surface area (Å²) in [5.74, 6) is -3.86. The van der Waals surface area contributed by atoms with E-state index in [0.717, 1.165) is 26.7 Å². The SMILES string of the molecule is Cc1csc(-c2ccccc2CN2C(=O)c3ccccc3C(C(=O)O)C2=O)n1. The highest BCUT2D eigenvalue weighted by atomic mass is 32.1. The van der Waals surface area contributed by atoms with E-state index in [0.29, 0.717) is 0 Å². The van der Waals surface area contributed by atoms with Gasteiger partial charge in [0.15, 0.2) is 5.92 Å². The van der Waals surface area contributed by atoms with Gasteiger partial charge in [0.05, 0.1) is 6.54 Å². The van der Waals surface area contributed by atoms with Crippen molar-refractivity contribution in [2.75, 3.05) is 0 Å². The van der Waals surface area contributed by atoms with Crippen LogP contribution in [0.15, 0.2) is 53.9 Å². The van der Waals surface area contributed by atoms with Crippen LogP contribution in [0.5, 0.6) is 0 Å². The Morgan fingerprint density at radius 1 is 1.11 bits per heavy atom. The third-order valence-corrected chi connectivity index (χ3v) is 5.70. The van der Waals surface area contributed by atoms with Crippen molar-refractivity contribution in [1.29, 1.82) is 0 Å². The van der Waals surface area contributed by atoms with Crippen LogP contribution in [-0.2, 0) is 16.1 Å². The number of amides is 2. The minimum Gasteiger partial charge on any atom is -0.480 e. The van der Waals surface area contributed by atoms with Gasteiger partial charge < -0.3 is 5.11 Å². The lowest BCUT2D eigenvalue weighted by atomic mass is 9.88. The molecule has 0 saturated carbocycles. The molecule has 4 rings (SSSR count). The predicted molar refractivity (Wildman–Crippen MR) is 104 cm³/mol. The Morgan fingerprint density at radius 2 is 1.79 bits per heavy atom. The number of carbonyl (C=O) groups is 3. The highest BCUT2D eigenvalue weighted by molar-refractivity contribution is 7.13. The number of imide groups is 1. The van der Waals surface area contributed by atoms with Gasteiger partial charge in [-0.3, -0.25) is 19.3 Å². The molecule has 28 heavy (non-hydrogen) atoms. The van der Waals surface area contributed by atoms with Crippen molar-refractivity contribution in [1.82, 2.24) is 9.88 Å². The molecule has 0 spiro atoms. The van der Waals surface area contributed by atoms with E-state index in [1.54, 1.807) is 18.2 Å². The van der Waals surface area contributed by atoms with E-state index >= 15 is 0 Å². The van der Waals surface area contributed by atoms with Crippen molar-refractivity contribution in [3.8, 4) is 10.6 Å². The number of carboxylic acid groups (broad SMARTS) is 1. The molecule has 1 unspecified atom stereocenters. The van der Waals surface area contributed by atoms with Crippen molar-refractivity contribution < 1.29 is 19.5 Å². The van der Waals surface area contributed by atoms with Crippen LogP contribution in [0.4, 0.5) is 0 Å². The van der Waals surface area contributed by atoms with Gasteiger partial charge in [0.2, 0.25) is 5.91 Å². The minimum atomic E-state index is -1.39. The molecule has 140 valence electrons. The van der Waals surface area contributed by atoms with Crippen LogP contribution in [0.2, 0.25) is 0 Å². The van der Waals surface area contributed by atoms with Gasteiger partial charge in [-0.2, -0.15) is 0 Å². The maximum Gasteiger partial charge on any atom is 0.320 e. The summed E-state index contributed by atoms with van der Waals surface area (Å²) in [6.45, 7) is 1.89. The molecule has 1 aromatic heterocycles. The molecule has 7 heteroatoms. The molecular weight excluding hydrogens is 376 g/mol. The zero-order valence-corrected chi connectivity index (χ0v) is 15.8. The maximum atomic E-state index is 13.0. The topological polar surface area (TPSA) is 87.6 Å². The van der Waals surface area contributed by atoms with Gasteiger partial charge in [-0.05, 0) is 24.1 Å². The quantitative estimate of drug-likeness (QED) is 0.543. The number of aliphatic carboxylic acids is 1. The van der Waals surface area contributed by atoms with Gasteiger partial charge in [-0.25, -0.2) is 4.98 Å². The van der Waals surface area contributed by atoms with E-state index in [-0.39, 0.29) is 17.7 Å². The van der Waals surface area contributed by atoms with Crippen LogP contribution in [0, 0.1) is 6.92 Å². The number of carbonyl (C=O) groups excluding carboxylic acids is 2. The summed E-state index contributed by atoms with van der Waals surface area (Å²) in [6.07, 6.45) is 0. The highest BCUT2D eigenvalue weighted by Crippen LogP contribution is 2.33. The summed E-state index contributed by atoms with van der Waals surface area (Å²) < 4.78 is 0.